The number of β-lactam (4-membered cyclic amide) rings is 1. The monoisotopic (exact) mass is 408 g/mol. The van der Waals surface area contributed by atoms with E-state index < -0.39 is 5.54 Å². The molecule has 29 heavy (non-hydrogen) atoms. The van der Waals surface area contributed by atoms with Gasteiger partial charge in [0.1, 0.15) is 5.54 Å². The van der Waals surface area contributed by atoms with Crippen LogP contribution in [0.25, 0.3) is 0 Å². The van der Waals surface area contributed by atoms with Gasteiger partial charge in [-0.3, -0.25) is 9.59 Å². The molecule has 1 atom stereocenters. The first-order valence-corrected chi connectivity index (χ1v) is 11.4. The Labute approximate surface area is 177 Å². The van der Waals surface area contributed by atoms with Crippen LogP contribution < -0.4 is 5.32 Å². The van der Waals surface area contributed by atoms with E-state index in [0.717, 1.165) is 33.9 Å². The lowest BCUT2D eigenvalue weighted by molar-refractivity contribution is -0.164. The summed E-state index contributed by atoms with van der Waals surface area (Å²) in [7, 11) is 0. The quantitative estimate of drug-likeness (QED) is 0.740. The van der Waals surface area contributed by atoms with Gasteiger partial charge in [0.05, 0.1) is 12.5 Å². The Morgan fingerprint density at radius 2 is 1.69 bits per heavy atom. The molecule has 1 N–H and O–H groups in total. The first-order chi connectivity index (χ1) is 13.9. The molecule has 2 aliphatic rings. The van der Waals surface area contributed by atoms with Crippen LogP contribution in [0.15, 0.2) is 42.5 Å². The van der Waals surface area contributed by atoms with Crippen LogP contribution in [0.1, 0.15) is 47.6 Å². The summed E-state index contributed by atoms with van der Waals surface area (Å²) in [6, 6.07) is 14.3. The predicted molar refractivity (Wildman–Crippen MR) is 119 cm³/mol. The Balaban J connectivity index is 1.68. The van der Waals surface area contributed by atoms with Crippen molar-refractivity contribution < 1.29 is 9.59 Å². The molecule has 0 radical (unpaired) electrons. The van der Waals surface area contributed by atoms with Gasteiger partial charge in [-0.1, -0.05) is 48.0 Å². The molecule has 2 fully saturated rings. The van der Waals surface area contributed by atoms with Crippen molar-refractivity contribution in [2.24, 2.45) is 0 Å². The average molecular weight is 409 g/mol. The maximum absolute atomic E-state index is 13.7. The van der Waals surface area contributed by atoms with Gasteiger partial charge in [-0.25, -0.2) is 0 Å². The van der Waals surface area contributed by atoms with E-state index in [1.54, 1.807) is 0 Å². The van der Waals surface area contributed by atoms with Gasteiger partial charge in [0.15, 0.2) is 0 Å². The van der Waals surface area contributed by atoms with Crippen molar-refractivity contribution in [2.75, 3.05) is 16.8 Å². The van der Waals surface area contributed by atoms with E-state index in [1.807, 2.05) is 48.7 Å². The van der Waals surface area contributed by atoms with E-state index in [1.165, 1.54) is 5.56 Å². The molecular weight excluding hydrogens is 380 g/mol. The van der Waals surface area contributed by atoms with Crippen molar-refractivity contribution in [3.05, 3.63) is 64.7 Å². The van der Waals surface area contributed by atoms with Crippen LogP contribution in [-0.2, 0) is 9.59 Å². The minimum Gasteiger partial charge on any atom is -0.324 e. The van der Waals surface area contributed by atoms with Gasteiger partial charge in [0.2, 0.25) is 11.8 Å². The number of nitrogens with zero attached hydrogens (tertiary/aromatic N) is 1. The SMILES string of the molecule is Cc1cc(C)c(NC(=O)C2(N3C(=O)CC3c3ccccc3)CCSCC2)c(C)c1. The topological polar surface area (TPSA) is 49.4 Å². The zero-order valence-electron chi connectivity index (χ0n) is 17.3. The van der Waals surface area contributed by atoms with Crippen LogP contribution in [-0.4, -0.2) is 33.8 Å². The number of likely N-dealkylation sites (tertiary alicyclic amines) is 1. The molecule has 0 aromatic heterocycles. The van der Waals surface area contributed by atoms with Crippen LogP contribution >= 0.6 is 11.8 Å². The average Bonchev–Trinajstić information content (AvgIpc) is 2.70. The normalized spacial score (nSPS) is 20.9. The van der Waals surface area contributed by atoms with E-state index in [-0.39, 0.29) is 17.9 Å². The van der Waals surface area contributed by atoms with E-state index >= 15 is 0 Å². The van der Waals surface area contributed by atoms with Gasteiger partial charge in [0, 0.05) is 5.69 Å². The highest BCUT2D eigenvalue weighted by Crippen LogP contribution is 2.46. The molecule has 2 aromatic rings. The lowest BCUT2D eigenvalue weighted by Gasteiger charge is -2.54. The highest BCUT2D eigenvalue weighted by molar-refractivity contribution is 7.99. The van der Waals surface area contributed by atoms with E-state index in [9.17, 15) is 9.59 Å². The summed E-state index contributed by atoms with van der Waals surface area (Å²) in [6.45, 7) is 6.12. The predicted octanol–water partition coefficient (Wildman–Crippen LogP) is 4.79. The third-order valence-electron chi connectivity index (χ3n) is 6.25. The summed E-state index contributed by atoms with van der Waals surface area (Å²) in [4.78, 5) is 28.4. The standard InChI is InChI=1S/C24H28N2O2S/c1-16-13-17(2)22(18(3)14-16)25-23(28)24(9-11-29-12-10-24)26-20(15-21(26)27)19-7-5-4-6-8-19/h4-8,13-14,20H,9-12,15H2,1-3H3,(H,25,28). The molecule has 2 aliphatic heterocycles. The molecule has 2 amide bonds. The molecule has 4 nitrogen and oxygen atoms in total. The molecular formula is C24H28N2O2S. The Morgan fingerprint density at radius 3 is 2.28 bits per heavy atom. The van der Waals surface area contributed by atoms with Gasteiger partial charge in [-0.2, -0.15) is 11.8 Å². The third kappa shape index (κ3) is 3.57. The molecule has 4 rings (SSSR count). The van der Waals surface area contributed by atoms with Gasteiger partial charge >= 0.3 is 0 Å². The van der Waals surface area contributed by atoms with Crippen LogP contribution in [0.2, 0.25) is 0 Å². The van der Waals surface area contributed by atoms with Crippen LogP contribution in [0.3, 0.4) is 0 Å². The number of hydrogen-bond donors (Lipinski definition) is 1. The Bertz CT molecular complexity index is 912. The number of thioether (sulfide) groups is 1. The van der Waals surface area contributed by atoms with Crippen molar-refractivity contribution in [1.82, 2.24) is 4.90 Å². The molecule has 2 saturated heterocycles. The number of anilines is 1. The van der Waals surface area contributed by atoms with Gasteiger partial charge < -0.3 is 10.2 Å². The van der Waals surface area contributed by atoms with Crippen LogP contribution in [0.4, 0.5) is 5.69 Å². The first kappa shape index (κ1) is 20.0. The minimum atomic E-state index is -0.773. The van der Waals surface area contributed by atoms with Crippen molar-refractivity contribution in [2.45, 2.75) is 51.6 Å². The minimum absolute atomic E-state index is 0.0160. The number of hydrogen-bond acceptors (Lipinski definition) is 3. The Morgan fingerprint density at radius 1 is 1.07 bits per heavy atom. The lowest BCUT2D eigenvalue weighted by atomic mass is 9.80. The second kappa shape index (κ2) is 7.86. The zero-order chi connectivity index (χ0) is 20.6. The largest absolute Gasteiger partial charge is 0.324 e. The van der Waals surface area contributed by atoms with Gasteiger partial charge in [0.25, 0.3) is 0 Å². The molecule has 0 bridgehead atoms. The summed E-state index contributed by atoms with van der Waals surface area (Å²) in [5.74, 6) is 1.83. The van der Waals surface area contributed by atoms with Crippen LogP contribution in [0.5, 0.6) is 0 Å². The van der Waals surface area contributed by atoms with Crippen molar-refractivity contribution in [3.63, 3.8) is 0 Å². The second-order valence-electron chi connectivity index (χ2n) is 8.27. The fraction of sp³-hybridized carbons (Fsp3) is 0.417. The summed E-state index contributed by atoms with van der Waals surface area (Å²) in [5, 5.41) is 3.22. The van der Waals surface area contributed by atoms with E-state index in [0.29, 0.717) is 19.3 Å². The zero-order valence-corrected chi connectivity index (χ0v) is 18.1. The van der Waals surface area contributed by atoms with Gasteiger partial charge in [-0.05, 0) is 61.8 Å². The number of benzene rings is 2. The molecule has 5 heteroatoms. The molecule has 1 unspecified atom stereocenters. The van der Waals surface area contributed by atoms with Crippen molar-refractivity contribution >= 4 is 29.3 Å². The molecule has 2 heterocycles. The number of nitrogens with one attached hydrogen (secondary N) is 1. The van der Waals surface area contributed by atoms with Gasteiger partial charge in [-0.15, -0.1) is 0 Å². The van der Waals surface area contributed by atoms with Crippen LogP contribution in [0, 0.1) is 20.8 Å². The molecule has 0 spiro atoms. The molecule has 2 aromatic carbocycles. The summed E-state index contributed by atoms with van der Waals surface area (Å²) >= 11 is 1.86. The maximum Gasteiger partial charge on any atom is 0.250 e. The highest BCUT2D eigenvalue weighted by atomic mass is 32.2. The number of amides is 2. The second-order valence-corrected chi connectivity index (χ2v) is 9.49. The van der Waals surface area contributed by atoms with E-state index in [2.05, 4.69) is 36.5 Å². The van der Waals surface area contributed by atoms with E-state index in [4.69, 9.17) is 0 Å². The first-order valence-electron chi connectivity index (χ1n) is 10.3. The van der Waals surface area contributed by atoms with Crippen molar-refractivity contribution in [1.29, 1.82) is 0 Å². The smallest absolute Gasteiger partial charge is 0.250 e. The number of aryl methyl sites for hydroxylation is 3. The highest BCUT2D eigenvalue weighted by Gasteiger charge is 2.55. The third-order valence-corrected chi connectivity index (χ3v) is 7.24. The molecule has 152 valence electrons. The number of rotatable bonds is 4. The molecule has 0 saturated carbocycles. The summed E-state index contributed by atoms with van der Waals surface area (Å²) < 4.78 is 0. The summed E-state index contributed by atoms with van der Waals surface area (Å²) in [6.07, 6.45) is 1.87. The maximum atomic E-state index is 13.7. The number of carbonyl (C=O) groups is 2. The fourth-order valence-electron chi connectivity index (χ4n) is 4.79. The molecule has 0 aliphatic carbocycles. The summed E-state index contributed by atoms with van der Waals surface area (Å²) in [5.41, 5.74) is 4.52. The lowest BCUT2D eigenvalue weighted by Crippen LogP contribution is -2.66. The van der Waals surface area contributed by atoms with Crippen molar-refractivity contribution in [3.8, 4) is 0 Å². The Hall–Kier alpha value is -2.27. The number of carbonyl (C=O) groups excluding carboxylic acids is 2. The Kier molecular flexibility index (Phi) is 5.43. The fourth-order valence-corrected chi connectivity index (χ4v) is 5.96.